The van der Waals surface area contributed by atoms with Crippen molar-refractivity contribution in [2.45, 2.75) is 13.5 Å². The number of benzene rings is 1. The number of aromatic nitrogens is 2. The number of nitrogens with one attached hydrogen (secondary N) is 1. The van der Waals surface area contributed by atoms with Gasteiger partial charge in [0.1, 0.15) is 18.2 Å². The predicted octanol–water partition coefficient (Wildman–Crippen LogP) is 1.93. The molecule has 0 saturated carbocycles. The van der Waals surface area contributed by atoms with Crippen molar-refractivity contribution >= 4 is 5.82 Å². The normalized spacial score (nSPS) is 10.3. The monoisotopic (exact) mass is 266 g/mol. The molecule has 2 rings (SSSR count). The Balaban J connectivity index is 2.09. The first-order chi connectivity index (χ1) is 9.08. The van der Waals surface area contributed by atoms with Crippen molar-refractivity contribution in [2.24, 2.45) is 5.84 Å². The lowest BCUT2D eigenvalue weighted by Gasteiger charge is -2.07. The summed E-state index contributed by atoms with van der Waals surface area (Å²) in [5, 5.41) is 0. The first-order valence-electron chi connectivity index (χ1n) is 5.47. The molecule has 5 nitrogen and oxygen atoms in total. The second kappa shape index (κ2) is 5.57. The van der Waals surface area contributed by atoms with E-state index in [0.717, 1.165) is 12.1 Å². The van der Waals surface area contributed by atoms with Crippen molar-refractivity contribution < 1.29 is 13.5 Å². The molecule has 0 atom stereocenters. The Morgan fingerprint density at radius 2 is 2.00 bits per heavy atom. The minimum absolute atomic E-state index is 0.0292. The highest BCUT2D eigenvalue weighted by molar-refractivity contribution is 5.34. The second-order valence-electron chi connectivity index (χ2n) is 3.82. The molecule has 0 bridgehead atoms. The minimum atomic E-state index is -0.966. The summed E-state index contributed by atoms with van der Waals surface area (Å²) in [4.78, 5) is 8.20. The minimum Gasteiger partial charge on any atom is -0.486 e. The summed E-state index contributed by atoms with van der Waals surface area (Å²) in [5.41, 5.74) is 3.12. The average Bonchev–Trinajstić information content (AvgIpc) is 2.39. The quantitative estimate of drug-likeness (QED) is 0.653. The Labute approximate surface area is 108 Å². The van der Waals surface area contributed by atoms with Crippen molar-refractivity contribution in [3.05, 3.63) is 47.4 Å². The van der Waals surface area contributed by atoms with Crippen molar-refractivity contribution in [3.8, 4) is 5.75 Å². The summed E-state index contributed by atoms with van der Waals surface area (Å²) in [5.74, 6) is 4.41. The fourth-order valence-electron chi connectivity index (χ4n) is 1.48. The topological polar surface area (TPSA) is 73.1 Å². The predicted molar refractivity (Wildman–Crippen MR) is 65.3 cm³/mol. The van der Waals surface area contributed by atoms with Crippen LogP contribution < -0.4 is 16.0 Å². The Kier molecular flexibility index (Phi) is 3.86. The van der Waals surface area contributed by atoms with Crippen LogP contribution in [-0.4, -0.2) is 9.97 Å². The number of hydrogen-bond donors (Lipinski definition) is 2. The van der Waals surface area contributed by atoms with Crippen LogP contribution in [0.4, 0.5) is 14.6 Å². The third-order valence-electron chi connectivity index (χ3n) is 2.31. The number of hydrogen-bond acceptors (Lipinski definition) is 5. The van der Waals surface area contributed by atoms with Crippen LogP contribution in [0.2, 0.25) is 0 Å². The number of aryl methyl sites for hydroxylation is 1. The summed E-state index contributed by atoms with van der Waals surface area (Å²) in [6, 6.07) is 4.96. The van der Waals surface area contributed by atoms with Crippen LogP contribution in [0.3, 0.4) is 0 Å². The van der Waals surface area contributed by atoms with Crippen molar-refractivity contribution in [1.82, 2.24) is 9.97 Å². The van der Waals surface area contributed by atoms with E-state index in [1.54, 1.807) is 13.0 Å². The van der Waals surface area contributed by atoms with Gasteiger partial charge in [-0.05, 0) is 19.1 Å². The standard InChI is InChI=1S/C12H12F2N4O/c1-7-4-11(18-15)17-12(16-7)6-19-8-2-3-9(13)10(14)5-8/h2-5H,6,15H2,1H3,(H,16,17,18). The molecule has 2 aromatic rings. The first kappa shape index (κ1) is 13.2. The summed E-state index contributed by atoms with van der Waals surface area (Å²) in [6.45, 7) is 1.81. The highest BCUT2D eigenvalue weighted by Crippen LogP contribution is 2.16. The van der Waals surface area contributed by atoms with Crippen LogP contribution in [0.25, 0.3) is 0 Å². The molecule has 0 fully saturated rings. The van der Waals surface area contributed by atoms with Gasteiger partial charge in [0.25, 0.3) is 0 Å². The van der Waals surface area contributed by atoms with E-state index in [9.17, 15) is 8.78 Å². The highest BCUT2D eigenvalue weighted by atomic mass is 19.2. The fourth-order valence-corrected chi connectivity index (χ4v) is 1.48. The van der Waals surface area contributed by atoms with Gasteiger partial charge in [-0.3, -0.25) is 0 Å². The maximum atomic E-state index is 13.0. The number of anilines is 1. The number of halogens is 2. The molecule has 100 valence electrons. The van der Waals surface area contributed by atoms with Gasteiger partial charge in [0.05, 0.1) is 0 Å². The lowest BCUT2D eigenvalue weighted by Crippen LogP contribution is -2.12. The van der Waals surface area contributed by atoms with Gasteiger partial charge in [-0.25, -0.2) is 24.6 Å². The van der Waals surface area contributed by atoms with E-state index in [2.05, 4.69) is 15.4 Å². The molecule has 0 amide bonds. The Morgan fingerprint density at radius 1 is 1.21 bits per heavy atom. The summed E-state index contributed by atoms with van der Waals surface area (Å²) in [7, 11) is 0. The third kappa shape index (κ3) is 3.35. The van der Waals surface area contributed by atoms with Crippen molar-refractivity contribution in [1.29, 1.82) is 0 Å². The number of ether oxygens (including phenoxy) is 1. The van der Waals surface area contributed by atoms with Gasteiger partial charge in [-0.1, -0.05) is 0 Å². The van der Waals surface area contributed by atoms with Crippen LogP contribution in [0.5, 0.6) is 5.75 Å². The largest absolute Gasteiger partial charge is 0.486 e. The molecule has 1 aromatic heterocycles. The molecular weight excluding hydrogens is 254 g/mol. The van der Waals surface area contributed by atoms with Crippen LogP contribution in [0, 0.1) is 18.6 Å². The van der Waals surface area contributed by atoms with E-state index in [1.165, 1.54) is 6.07 Å². The van der Waals surface area contributed by atoms with E-state index in [0.29, 0.717) is 17.3 Å². The zero-order valence-corrected chi connectivity index (χ0v) is 10.2. The van der Waals surface area contributed by atoms with Crippen LogP contribution in [0.15, 0.2) is 24.3 Å². The third-order valence-corrected chi connectivity index (χ3v) is 2.31. The molecule has 0 aliphatic heterocycles. The number of rotatable bonds is 4. The molecule has 3 N–H and O–H groups in total. The number of nitrogen functional groups attached to an aromatic ring is 1. The molecule has 0 aliphatic rings. The van der Waals surface area contributed by atoms with E-state index in [4.69, 9.17) is 10.6 Å². The maximum absolute atomic E-state index is 13.0. The Hall–Kier alpha value is -2.28. The average molecular weight is 266 g/mol. The lowest BCUT2D eigenvalue weighted by molar-refractivity contribution is 0.293. The fraction of sp³-hybridized carbons (Fsp3) is 0.167. The van der Waals surface area contributed by atoms with Gasteiger partial charge in [0.2, 0.25) is 0 Å². The van der Waals surface area contributed by atoms with Crippen LogP contribution in [-0.2, 0) is 6.61 Å². The Morgan fingerprint density at radius 3 is 2.68 bits per heavy atom. The number of hydrazine groups is 1. The number of nitrogens with zero attached hydrogens (tertiary/aromatic N) is 2. The molecule has 7 heteroatoms. The van der Waals surface area contributed by atoms with E-state index >= 15 is 0 Å². The first-order valence-corrected chi connectivity index (χ1v) is 5.47. The molecule has 0 aliphatic carbocycles. The zero-order chi connectivity index (χ0) is 13.8. The van der Waals surface area contributed by atoms with Crippen molar-refractivity contribution in [2.75, 3.05) is 5.43 Å². The SMILES string of the molecule is Cc1cc(NN)nc(COc2ccc(F)c(F)c2)n1. The second-order valence-corrected chi connectivity index (χ2v) is 3.82. The molecule has 19 heavy (non-hydrogen) atoms. The van der Waals surface area contributed by atoms with E-state index < -0.39 is 11.6 Å². The molecule has 0 saturated heterocycles. The van der Waals surface area contributed by atoms with Gasteiger partial charge >= 0.3 is 0 Å². The molecule has 0 unspecified atom stereocenters. The van der Waals surface area contributed by atoms with Gasteiger partial charge in [-0.15, -0.1) is 0 Å². The van der Waals surface area contributed by atoms with Crippen LogP contribution in [0.1, 0.15) is 11.5 Å². The zero-order valence-electron chi connectivity index (χ0n) is 10.2. The molecule has 1 heterocycles. The van der Waals surface area contributed by atoms with E-state index in [-0.39, 0.29) is 12.4 Å². The van der Waals surface area contributed by atoms with Crippen LogP contribution >= 0.6 is 0 Å². The van der Waals surface area contributed by atoms with Gasteiger partial charge < -0.3 is 10.2 Å². The van der Waals surface area contributed by atoms with Gasteiger partial charge in [-0.2, -0.15) is 0 Å². The lowest BCUT2D eigenvalue weighted by atomic mass is 10.3. The molecule has 1 aromatic carbocycles. The highest BCUT2D eigenvalue weighted by Gasteiger charge is 2.06. The smallest absolute Gasteiger partial charge is 0.168 e. The van der Waals surface area contributed by atoms with Gasteiger partial charge in [0, 0.05) is 17.8 Å². The molecule has 0 spiro atoms. The van der Waals surface area contributed by atoms with Gasteiger partial charge in [0.15, 0.2) is 17.5 Å². The Bertz CT molecular complexity index is 592. The maximum Gasteiger partial charge on any atom is 0.168 e. The summed E-state index contributed by atoms with van der Waals surface area (Å²) >= 11 is 0. The number of nitrogens with two attached hydrogens (primary N) is 1. The molecular formula is C12H12F2N4O. The summed E-state index contributed by atoms with van der Waals surface area (Å²) < 4.78 is 31.0. The summed E-state index contributed by atoms with van der Waals surface area (Å²) in [6.07, 6.45) is 0. The van der Waals surface area contributed by atoms with E-state index in [1.807, 2.05) is 0 Å². The van der Waals surface area contributed by atoms with Crippen molar-refractivity contribution in [3.63, 3.8) is 0 Å². The molecule has 0 radical (unpaired) electrons.